The van der Waals surface area contributed by atoms with E-state index in [-0.39, 0.29) is 17.7 Å². The summed E-state index contributed by atoms with van der Waals surface area (Å²) in [4.78, 5) is 22.6. The van der Waals surface area contributed by atoms with E-state index in [1.807, 2.05) is 24.3 Å². The Morgan fingerprint density at radius 3 is 2.76 bits per heavy atom. The second kappa shape index (κ2) is 5.10. The van der Waals surface area contributed by atoms with Crippen molar-refractivity contribution in [2.24, 2.45) is 11.7 Å². The maximum Gasteiger partial charge on any atom is 0.230 e. The van der Waals surface area contributed by atoms with Crippen molar-refractivity contribution in [3.8, 4) is 0 Å². The Morgan fingerprint density at radius 2 is 2.06 bits per heavy atom. The summed E-state index contributed by atoms with van der Waals surface area (Å²) in [5.74, 6) is -0.415. The molecule has 0 aliphatic carbocycles. The minimum absolute atomic E-state index is 0.0966. The van der Waals surface area contributed by atoms with Gasteiger partial charge >= 0.3 is 0 Å². The predicted octanol–water partition coefficient (Wildman–Crippen LogP) is 0.741. The van der Waals surface area contributed by atoms with Crippen LogP contribution in [0.15, 0.2) is 24.3 Å². The lowest BCUT2D eigenvalue weighted by atomic mass is 9.91. The minimum Gasteiger partial charge on any atom is -0.326 e. The van der Waals surface area contributed by atoms with Gasteiger partial charge in [-0.3, -0.25) is 14.9 Å². The van der Waals surface area contributed by atoms with Crippen LogP contribution in [-0.2, 0) is 22.6 Å². The second-order valence-corrected chi connectivity index (χ2v) is 4.38. The van der Waals surface area contributed by atoms with E-state index in [9.17, 15) is 9.59 Å². The molecule has 0 radical (unpaired) electrons. The molecule has 2 amide bonds. The molecule has 4 nitrogen and oxygen atoms in total. The van der Waals surface area contributed by atoms with Gasteiger partial charge in [-0.2, -0.15) is 0 Å². The fourth-order valence-electron chi connectivity index (χ4n) is 2.10. The van der Waals surface area contributed by atoms with Crippen molar-refractivity contribution in [3.63, 3.8) is 0 Å². The molecule has 1 saturated heterocycles. The van der Waals surface area contributed by atoms with Crippen molar-refractivity contribution in [1.82, 2.24) is 5.32 Å². The van der Waals surface area contributed by atoms with Gasteiger partial charge in [-0.05, 0) is 24.0 Å². The Bertz CT molecular complexity index is 443. The molecule has 1 fully saturated rings. The number of rotatable bonds is 3. The maximum atomic E-state index is 11.6. The quantitative estimate of drug-likeness (QED) is 0.755. The summed E-state index contributed by atoms with van der Waals surface area (Å²) in [6.07, 6.45) is 1.75. The van der Waals surface area contributed by atoms with Gasteiger partial charge < -0.3 is 5.73 Å². The summed E-state index contributed by atoms with van der Waals surface area (Å²) >= 11 is 0. The molecule has 1 aliphatic rings. The van der Waals surface area contributed by atoms with E-state index < -0.39 is 0 Å². The normalized spacial score (nSPS) is 20.2. The van der Waals surface area contributed by atoms with Crippen molar-refractivity contribution in [2.45, 2.75) is 25.8 Å². The standard InChI is InChI=1S/C13H16N2O2/c14-8-10-3-1-2-9(6-10)7-11-4-5-12(16)15-13(11)17/h1-3,6,11H,4-5,7-8,14H2,(H,15,16,17). The van der Waals surface area contributed by atoms with E-state index in [2.05, 4.69) is 5.32 Å². The highest BCUT2D eigenvalue weighted by atomic mass is 16.2. The highest BCUT2D eigenvalue weighted by molar-refractivity contribution is 5.98. The summed E-state index contributed by atoms with van der Waals surface area (Å²) in [5.41, 5.74) is 7.74. The third-order valence-electron chi connectivity index (χ3n) is 3.06. The lowest BCUT2D eigenvalue weighted by molar-refractivity contribution is -0.136. The third-order valence-corrected chi connectivity index (χ3v) is 3.06. The van der Waals surface area contributed by atoms with Crippen molar-refractivity contribution in [1.29, 1.82) is 0 Å². The first-order chi connectivity index (χ1) is 8.19. The Kier molecular flexibility index (Phi) is 3.54. The van der Waals surface area contributed by atoms with Crippen molar-refractivity contribution >= 4 is 11.8 Å². The molecule has 0 aromatic heterocycles. The number of nitrogens with one attached hydrogen (secondary N) is 1. The third kappa shape index (κ3) is 2.91. The Morgan fingerprint density at radius 1 is 1.29 bits per heavy atom. The first kappa shape index (κ1) is 11.8. The number of benzene rings is 1. The molecule has 90 valence electrons. The molecule has 1 heterocycles. The summed E-state index contributed by atoms with van der Waals surface area (Å²) in [7, 11) is 0. The monoisotopic (exact) mass is 232 g/mol. The highest BCUT2D eigenvalue weighted by Gasteiger charge is 2.26. The van der Waals surface area contributed by atoms with Crippen LogP contribution in [-0.4, -0.2) is 11.8 Å². The van der Waals surface area contributed by atoms with E-state index in [1.54, 1.807) is 0 Å². The summed E-state index contributed by atoms with van der Waals surface area (Å²) in [5, 5.41) is 2.38. The van der Waals surface area contributed by atoms with E-state index in [4.69, 9.17) is 5.73 Å². The van der Waals surface area contributed by atoms with Gasteiger partial charge in [-0.25, -0.2) is 0 Å². The van der Waals surface area contributed by atoms with Gasteiger partial charge in [0.1, 0.15) is 0 Å². The Labute approximate surface area is 100 Å². The van der Waals surface area contributed by atoms with Crippen LogP contribution in [0.4, 0.5) is 0 Å². The molecule has 0 bridgehead atoms. The van der Waals surface area contributed by atoms with Gasteiger partial charge in [0.05, 0.1) is 0 Å². The average molecular weight is 232 g/mol. The molecule has 0 saturated carbocycles. The summed E-state index contributed by atoms with van der Waals surface area (Å²) < 4.78 is 0. The van der Waals surface area contributed by atoms with Gasteiger partial charge in [0, 0.05) is 18.9 Å². The average Bonchev–Trinajstić information content (AvgIpc) is 2.33. The van der Waals surface area contributed by atoms with Crippen LogP contribution < -0.4 is 11.1 Å². The van der Waals surface area contributed by atoms with E-state index in [0.717, 1.165) is 11.1 Å². The molecule has 4 heteroatoms. The van der Waals surface area contributed by atoms with Gasteiger partial charge in [0.2, 0.25) is 11.8 Å². The second-order valence-electron chi connectivity index (χ2n) is 4.38. The molecule has 1 aliphatic heterocycles. The van der Waals surface area contributed by atoms with E-state index in [0.29, 0.717) is 25.8 Å². The van der Waals surface area contributed by atoms with Crippen LogP contribution in [0, 0.1) is 5.92 Å². The van der Waals surface area contributed by atoms with Gasteiger partial charge in [-0.15, -0.1) is 0 Å². The first-order valence-electron chi connectivity index (χ1n) is 5.80. The topological polar surface area (TPSA) is 72.2 Å². The first-order valence-corrected chi connectivity index (χ1v) is 5.80. The molecule has 0 spiro atoms. The molecule has 1 aromatic carbocycles. The summed E-state index contributed by atoms with van der Waals surface area (Å²) in [6, 6.07) is 7.92. The lowest BCUT2D eigenvalue weighted by Gasteiger charge is -2.20. The molecule has 3 N–H and O–H groups in total. The molecule has 2 rings (SSSR count). The Balaban J connectivity index is 2.05. The van der Waals surface area contributed by atoms with Crippen LogP contribution >= 0.6 is 0 Å². The van der Waals surface area contributed by atoms with Crippen molar-refractivity contribution in [3.05, 3.63) is 35.4 Å². The molecule has 1 aromatic rings. The summed E-state index contributed by atoms with van der Waals surface area (Å²) in [6.45, 7) is 0.503. The van der Waals surface area contributed by atoms with E-state index >= 15 is 0 Å². The maximum absolute atomic E-state index is 11.6. The zero-order valence-electron chi connectivity index (χ0n) is 9.61. The fraction of sp³-hybridized carbons (Fsp3) is 0.385. The number of carbonyl (C=O) groups excluding carboxylic acids is 2. The van der Waals surface area contributed by atoms with Crippen LogP contribution in [0.25, 0.3) is 0 Å². The number of carbonyl (C=O) groups is 2. The molecule has 1 atom stereocenters. The van der Waals surface area contributed by atoms with Crippen LogP contribution in [0.5, 0.6) is 0 Å². The number of nitrogens with two attached hydrogens (primary N) is 1. The van der Waals surface area contributed by atoms with Gasteiger partial charge in [0.15, 0.2) is 0 Å². The molecule has 17 heavy (non-hydrogen) atoms. The molecule has 1 unspecified atom stereocenters. The van der Waals surface area contributed by atoms with Crippen LogP contribution in [0.3, 0.4) is 0 Å². The lowest BCUT2D eigenvalue weighted by Crippen LogP contribution is -2.41. The zero-order chi connectivity index (χ0) is 12.3. The Hall–Kier alpha value is -1.68. The fourth-order valence-corrected chi connectivity index (χ4v) is 2.10. The van der Waals surface area contributed by atoms with Crippen molar-refractivity contribution in [2.75, 3.05) is 0 Å². The molecular weight excluding hydrogens is 216 g/mol. The van der Waals surface area contributed by atoms with E-state index in [1.165, 1.54) is 0 Å². The zero-order valence-corrected chi connectivity index (χ0v) is 9.61. The number of hydrogen-bond donors (Lipinski definition) is 2. The number of amides is 2. The molecular formula is C13H16N2O2. The minimum atomic E-state index is -0.165. The van der Waals surface area contributed by atoms with Gasteiger partial charge in [0.25, 0.3) is 0 Å². The number of hydrogen-bond acceptors (Lipinski definition) is 3. The SMILES string of the molecule is NCc1cccc(CC2CCC(=O)NC2=O)c1. The number of imide groups is 1. The van der Waals surface area contributed by atoms with Crippen molar-refractivity contribution < 1.29 is 9.59 Å². The number of piperidine rings is 1. The smallest absolute Gasteiger partial charge is 0.230 e. The largest absolute Gasteiger partial charge is 0.326 e. The predicted molar refractivity (Wildman–Crippen MR) is 63.9 cm³/mol. The van der Waals surface area contributed by atoms with Crippen LogP contribution in [0.1, 0.15) is 24.0 Å². The van der Waals surface area contributed by atoms with Crippen LogP contribution in [0.2, 0.25) is 0 Å². The highest BCUT2D eigenvalue weighted by Crippen LogP contribution is 2.18. The van der Waals surface area contributed by atoms with Gasteiger partial charge in [-0.1, -0.05) is 24.3 Å².